The molecule has 5 heteroatoms. The highest BCUT2D eigenvalue weighted by atomic mass is 79.9. The predicted octanol–water partition coefficient (Wildman–Crippen LogP) is 2.62. The average molecular weight is 296 g/mol. The number of halogens is 1. The maximum absolute atomic E-state index is 6.10. The monoisotopic (exact) mass is 295 g/mol. The Morgan fingerprint density at radius 2 is 2.12 bits per heavy atom. The number of nitrogens with zero attached hydrogens (tertiary/aromatic N) is 1. The third kappa shape index (κ3) is 2.87. The van der Waals surface area contributed by atoms with Crippen molar-refractivity contribution in [2.75, 3.05) is 6.61 Å². The molecule has 4 nitrogen and oxygen atoms in total. The molecule has 17 heavy (non-hydrogen) atoms. The van der Waals surface area contributed by atoms with E-state index in [4.69, 9.17) is 10.5 Å². The van der Waals surface area contributed by atoms with Crippen LogP contribution in [0.15, 0.2) is 35.1 Å². The predicted molar refractivity (Wildman–Crippen MR) is 69.9 cm³/mol. The molecule has 2 aromatic rings. The van der Waals surface area contributed by atoms with Gasteiger partial charge in [-0.05, 0) is 40.5 Å². The highest BCUT2D eigenvalue weighted by Crippen LogP contribution is 2.21. The lowest BCUT2D eigenvalue weighted by Gasteiger charge is -2.10. The zero-order valence-corrected chi connectivity index (χ0v) is 11.1. The molecular weight excluding hydrogens is 282 g/mol. The summed E-state index contributed by atoms with van der Waals surface area (Å²) in [6, 6.07) is 7.47. The molecule has 0 bridgehead atoms. The largest absolute Gasteiger partial charge is 0.494 e. The van der Waals surface area contributed by atoms with Crippen LogP contribution in [0, 0.1) is 0 Å². The number of imidazole rings is 1. The van der Waals surface area contributed by atoms with Crippen LogP contribution in [0.25, 0.3) is 0 Å². The molecule has 0 aliphatic heterocycles. The first-order valence-corrected chi connectivity index (χ1v) is 6.18. The molecule has 2 rings (SSSR count). The van der Waals surface area contributed by atoms with Gasteiger partial charge < -0.3 is 15.5 Å². The van der Waals surface area contributed by atoms with Gasteiger partial charge in [0.2, 0.25) is 0 Å². The van der Waals surface area contributed by atoms with E-state index in [1.165, 1.54) is 0 Å². The van der Waals surface area contributed by atoms with E-state index in [0.29, 0.717) is 6.61 Å². The molecule has 0 aliphatic carbocycles. The molecule has 0 aliphatic rings. The van der Waals surface area contributed by atoms with Gasteiger partial charge in [-0.15, -0.1) is 0 Å². The third-order valence-corrected chi connectivity index (χ3v) is 2.81. The van der Waals surface area contributed by atoms with E-state index in [-0.39, 0.29) is 6.04 Å². The number of benzene rings is 1. The number of hydrogen-bond acceptors (Lipinski definition) is 3. The molecule has 1 atom stereocenters. The molecule has 1 aromatic carbocycles. The van der Waals surface area contributed by atoms with Crippen LogP contribution in [0.1, 0.15) is 24.4 Å². The van der Waals surface area contributed by atoms with Crippen LogP contribution in [-0.2, 0) is 0 Å². The van der Waals surface area contributed by atoms with Crippen molar-refractivity contribution in [2.24, 2.45) is 5.73 Å². The van der Waals surface area contributed by atoms with Crippen LogP contribution in [0.4, 0.5) is 0 Å². The maximum Gasteiger partial charge on any atom is 0.128 e. The highest BCUT2D eigenvalue weighted by molar-refractivity contribution is 9.10. The number of nitrogens with one attached hydrogen (secondary N) is 1. The SMILES string of the molecule is CCOc1ccc(C(N)c2ncc(Br)[nH]2)cc1. The molecule has 90 valence electrons. The van der Waals surface area contributed by atoms with Gasteiger partial charge in [0.15, 0.2) is 0 Å². The van der Waals surface area contributed by atoms with E-state index >= 15 is 0 Å². The molecule has 0 amide bonds. The summed E-state index contributed by atoms with van der Waals surface area (Å²) < 4.78 is 6.21. The van der Waals surface area contributed by atoms with Gasteiger partial charge in [0.1, 0.15) is 16.2 Å². The van der Waals surface area contributed by atoms with Crippen molar-refractivity contribution in [3.8, 4) is 5.75 Å². The van der Waals surface area contributed by atoms with Gasteiger partial charge in [-0.2, -0.15) is 0 Å². The van der Waals surface area contributed by atoms with Crippen LogP contribution in [0.2, 0.25) is 0 Å². The first-order valence-electron chi connectivity index (χ1n) is 5.39. The lowest BCUT2D eigenvalue weighted by Crippen LogP contribution is -2.13. The minimum atomic E-state index is -0.253. The number of aromatic amines is 1. The van der Waals surface area contributed by atoms with Gasteiger partial charge in [0.25, 0.3) is 0 Å². The third-order valence-electron chi connectivity index (χ3n) is 2.41. The molecular formula is C12H14BrN3O. The summed E-state index contributed by atoms with van der Waals surface area (Å²) >= 11 is 3.31. The smallest absolute Gasteiger partial charge is 0.128 e. The lowest BCUT2D eigenvalue weighted by atomic mass is 10.1. The fraction of sp³-hybridized carbons (Fsp3) is 0.250. The Kier molecular flexibility index (Phi) is 3.81. The van der Waals surface area contributed by atoms with E-state index in [2.05, 4.69) is 25.9 Å². The second-order valence-corrected chi connectivity index (χ2v) is 4.45. The van der Waals surface area contributed by atoms with Crippen molar-refractivity contribution in [3.63, 3.8) is 0 Å². The fourth-order valence-corrected chi connectivity index (χ4v) is 1.87. The molecule has 0 saturated heterocycles. The minimum absolute atomic E-state index is 0.253. The number of hydrogen-bond donors (Lipinski definition) is 2. The molecule has 0 fully saturated rings. The minimum Gasteiger partial charge on any atom is -0.494 e. The summed E-state index contributed by atoms with van der Waals surface area (Å²) in [5.41, 5.74) is 7.09. The van der Waals surface area contributed by atoms with Crippen molar-refractivity contribution in [3.05, 3.63) is 46.5 Å². The van der Waals surface area contributed by atoms with Crippen LogP contribution in [-0.4, -0.2) is 16.6 Å². The zero-order valence-electron chi connectivity index (χ0n) is 9.48. The fourth-order valence-electron chi connectivity index (χ4n) is 1.57. The summed E-state index contributed by atoms with van der Waals surface area (Å²) in [5, 5.41) is 0. The summed E-state index contributed by atoms with van der Waals surface area (Å²) in [7, 11) is 0. The molecule has 0 radical (unpaired) electrons. The average Bonchev–Trinajstić information content (AvgIpc) is 2.76. The Hall–Kier alpha value is -1.33. The summed E-state index contributed by atoms with van der Waals surface area (Å²) in [6.07, 6.45) is 1.70. The van der Waals surface area contributed by atoms with E-state index in [9.17, 15) is 0 Å². The van der Waals surface area contributed by atoms with Gasteiger partial charge in [-0.1, -0.05) is 12.1 Å². The second-order valence-electron chi connectivity index (χ2n) is 3.60. The second kappa shape index (κ2) is 5.33. The van der Waals surface area contributed by atoms with Gasteiger partial charge in [-0.3, -0.25) is 0 Å². The van der Waals surface area contributed by atoms with Crippen LogP contribution >= 0.6 is 15.9 Å². The molecule has 1 unspecified atom stereocenters. The van der Waals surface area contributed by atoms with Crippen LogP contribution in [0.3, 0.4) is 0 Å². The quantitative estimate of drug-likeness (QED) is 0.911. The first kappa shape index (κ1) is 12.1. The summed E-state index contributed by atoms with van der Waals surface area (Å²) in [4.78, 5) is 7.26. The van der Waals surface area contributed by atoms with E-state index in [1.807, 2.05) is 31.2 Å². The molecule has 1 heterocycles. The van der Waals surface area contributed by atoms with Gasteiger partial charge in [0.05, 0.1) is 18.8 Å². The zero-order chi connectivity index (χ0) is 12.3. The highest BCUT2D eigenvalue weighted by Gasteiger charge is 2.12. The van der Waals surface area contributed by atoms with E-state index in [0.717, 1.165) is 21.7 Å². The van der Waals surface area contributed by atoms with Crippen molar-refractivity contribution in [1.82, 2.24) is 9.97 Å². The van der Waals surface area contributed by atoms with Crippen molar-refractivity contribution < 1.29 is 4.74 Å². The van der Waals surface area contributed by atoms with Crippen molar-refractivity contribution >= 4 is 15.9 Å². The molecule has 0 spiro atoms. The van der Waals surface area contributed by atoms with Gasteiger partial charge in [0, 0.05) is 0 Å². The Bertz CT molecular complexity index is 481. The number of ether oxygens (including phenoxy) is 1. The summed E-state index contributed by atoms with van der Waals surface area (Å²) in [6.45, 7) is 2.62. The van der Waals surface area contributed by atoms with Gasteiger partial charge >= 0.3 is 0 Å². The number of H-pyrrole nitrogens is 1. The van der Waals surface area contributed by atoms with Crippen LogP contribution in [0.5, 0.6) is 5.75 Å². The number of nitrogens with two attached hydrogens (primary N) is 1. The molecule has 1 aromatic heterocycles. The molecule has 3 N–H and O–H groups in total. The Labute approximate surface area is 108 Å². The normalized spacial score (nSPS) is 12.4. The Balaban J connectivity index is 2.16. The van der Waals surface area contributed by atoms with E-state index < -0.39 is 0 Å². The van der Waals surface area contributed by atoms with E-state index in [1.54, 1.807) is 6.20 Å². The van der Waals surface area contributed by atoms with Crippen molar-refractivity contribution in [2.45, 2.75) is 13.0 Å². The van der Waals surface area contributed by atoms with Crippen LogP contribution < -0.4 is 10.5 Å². The first-order chi connectivity index (χ1) is 8.20. The lowest BCUT2D eigenvalue weighted by molar-refractivity contribution is 0.340. The Morgan fingerprint density at radius 3 is 2.65 bits per heavy atom. The maximum atomic E-state index is 6.10. The number of rotatable bonds is 4. The molecule has 0 saturated carbocycles. The van der Waals surface area contributed by atoms with Crippen molar-refractivity contribution in [1.29, 1.82) is 0 Å². The number of aromatic nitrogens is 2. The topological polar surface area (TPSA) is 63.9 Å². The standard InChI is InChI=1S/C12H14BrN3O/c1-2-17-9-5-3-8(4-6-9)11(14)12-15-7-10(13)16-12/h3-7,11H,2,14H2,1H3,(H,15,16). The Morgan fingerprint density at radius 1 is 1.41 bits per heavy atom. The van der Waals surface area contributed by atoms with Gasteiger partial charge in [-0.25, -0.2) is 4.98 Å². The summed E-state index contributed by atoms with van der Waals surface area (Å²) in [5.74, 6) is 1.59.